The minimum Gasteiger partial charge on any atom is -0.461 e. The van der Waals surface area contributed by atoms with E-state index >= 15 is 0 Å². The first-order valence-corrected chi connectivity index (χ1v) is 6.48. The van der Waals surface area contributed by atoms with Crippen LogP contribution in [0.1, 0.15) is 52.9 Å². The standard InChI is InChI=1S/C13H23NO3/c1-9(2)12(14-10(3)15)13(16)17-11-7-5-4-6-8-11/h9,11-12H,4-8H2,1-3H3,(H,14,15). The van der Waals surface area contributed by atoms with Crippen LogP contribution in [0.3, 0.4) is 0 Å². The summed E-state index contributed by atoms with van der Waals surface area (Å²) in [5.74, 6) is -0.429. The summed E-state index contributed by atoms with van der Waals surface area (Å²) in [6, 6.07) is -0.519. The van der Waals surface area contributed by atoms with E-state index in [4.69, 9.17) is 4.74 Å². The average Bonchev–Trinajstić information content (AvgIpc) is 2.26. The van der Waals surface area contributed by atoms with Crippen LogP contribution in [0.5, 0.6) is 0 Å². The molecule has 1 fully saturated rings. The van der Waals surface area contributed by atoms with Crippen LogP contribution in [-0.2, 0) is 14.3 Å². The minimum atomic E-state index is -0.519. The number of carbonyl (C=O) groups is 2. The van der Waals surface area contributed by atoms with Crippen molar-refractivity contribution in [2.24, 2.45) is 5.92 Å². The van der Waals surface area contributed by atoms with E-state index in [1.165, 1.54) is 13.3 Å². The number of nitrogens with one attached hydrogen (secondary N) is 1. The van der Waals surface area contributed by atoms with Gasteiger partial charge in [0.25, 0.3) is 0 Å². The van der Waals surface area contributed by atoms with E-state index in [-0.39, 0.29) is 23.9 Å². The van der Waals surface area contributed by atoms with Crippen molar-refractivity contribution in [3.05, 3.63) is 0 Å². The van der Waals surface area contributed by atoms with Crippen molar-refractivity contribution in [2.45, 2.75) is 65.0 Å². The summed E-state index contributed by atoms with van der Waals surface area (Å²) in [5.41, 5.74) is 0. The quantitative estimate of drug-likeness (QED) is 0.766. The molecule has 1 aliphatic rings. The lowest BCUT2D eigenvalue weighted by Crippen LogP contribution is -2.45. The average molecular weight is 241 g/mol. The number of rotatable bonds is 4. The summed E-state index contributed by atoms with van der Waals surface area (Å²) in [5, 5.41) is 2.66. The number of ether oxygens (including phenoxy) is 1. The molecule has 0 heterocycles. The molecule has 1 atom stereocenters. The van der Waals surface area contributed by atoms with Gasteiger partial charge in [-0.1, -0.05) is 20.3 Å². The number of hydrogen-bond donors (Lipinski definition) is 1. The molecule has 98 valence electrons. The molecule has 1 amide bonds. The summed E-state index contributed by atoms with van der Waals surface area (Å²) in [4.78, 5) is 23.0. The fourth-order valence-corrected chi connectivity index (χ4v) is 2.14. The molecule has 0 spiro atoms. The van der Waals surface area contributed by atoms with Crippen molar-refractivity contribution in [3.8, 4) is 0 Å². The van der Waals surface area contributed by atoms with Crippen molar-refractivity contribution >= 4 is 11.9 Å². The van der Waals surface area contributed by atoms with Crippen molar-refractivity contribution in [1.29, 1.82) is 0 Å². The molecule has 1 unspecified atom stereocenters. The Morgan fingerprint density at radius 2 is 1.76 bits per heavy atom. The van der Waals surface area contributed by atoms with Crippen LogP contribution in [0, 0.1) is 5.92 Å². The monoisotopic (exact) mass is 241 g/mol. The number of esters is 1. The second-order valence-electron chi connectivity index (χ2n) is 5.12. The van der Waals surface area contributed by atoms with Crippen molar-refractivity contribution in [2.75, 3.05) is 0 Å². The van der Waals surface area contributed by atoms with Crippen molar-refractivity contribution in [3.63, 3.8) is 0 Å². The Kier molecular flexibility index (Phi) is 5.45. The van der Waals surface area contributed by atoms with E-state index in [0.29, 0.717) is 0 Å². The molecule has 1 N–H and O–H groups in total. The first-order valence-electron chi connectivity index (χ1n) is 6.48. The first kappa shape index (κ1) is 14.0. The highest BCUT2D eigenvalue weighted by molar-refractivity contribution is 5.83. The van der Waals surface area contributed by atoms with Gasteiger partial charge in [0.2, 0.25) is 5.91 Å². The topological polar surface area (TPSA) is 55.4 Å². The van der Waals surface area contributed by atoms with E-state index in [9.17, 15) is 9.59 Å². The second kappa shape index (κ2) is 6.62. The molecule has 0 aliphatic heterocycles. The van der Waals surface area contributed by atoms with E-state index in [1.54, 1.807) is 0 Å². The Morgan fingerprint density at radius 1 is 1.18 bits per heavy atom. The lowest BCUT2D eigenvalue weighted by Gasteiger charge is -2.26. The molecule has 0 aromatic carbocycles. The van der Waals surface area contributed by atoms with Gasteiger partial charge in [0.05, 0.1) is 0 Å². The zero-order valence-corrected chi connectivity index (χ0v) is 11.0. The van der Waals surface area contributed by atoms with E-state index in [0.717, 1.165) is 25.7 Å². The largest absolute Gasteiger partial charge is 0.461 e. The van der Waals surface area contributed by atoms with Gasteiger partial charge in [-0.2, -0.15) is 0 Å². The van der Waals surface area contributed by atoms with Crippen LogP contribution < -0.4 is 5.32 Å². The zero-order valence-electron chi connectivity index (χ0n) is 11.0. The van der Waals surface area contributed by atoms with Crippen LogP contribution in [0.2, 0.25) is 0 Å². The molecule has 17 heavy (non-hydrogen) atoms. The SMILES string of the molecule is CC(=O)NC(C(=O)OC1CCCCC1)C(C)C. The molecule has 1 rings (SSSR count). The molecule has 4 nitrogen and oxygen atoms in total. The fourth-order valence-electron chi connectivity index (χ4n) is 2.14. The van der Waals surface area contributed by atoms with Gasteiger partial charge in [0, 0.05) is 6.92 Å². The maximum absolute atomic E-state index is 12.0. The van der Waals surface area contributed by atoms with Crippen LogP contribution in [0.25, 0.3) is 0 Å². The Balaban J connectivity index is 2.49. The highest BCUT2D eigenvalue weighted by Crippen LogP contribution is 2.21. The smallest absolute Gasteiger partial charge is 0.329 e. The molecule has 0 radical (unpaired) electrons. The highest BCUT2D eigenvalue weighted by Gasteiger charge is 2.27. The van der Waals surface area contributed by atoms with Gasteiger partial charge in [-0.3, -0.25) is 4.79 Å². The van der Waals surface area contributed by atoms with Crippen LogP contribution >= 0.6 is 0 Å². The van der Waals surface area contributed by atoms with E-state index in [2.05, 4.69) is 5.32 Å². The van der Waals surface area contributed by atoms with Gasteiger partial charge in [-0.05, 0) is 31.6 Å². The number of carbonyl (C=O) groups excluding carboxylic acids is 2. The molecule has 0 aromatic heterocycles. The Morgan fingerprint density at radius 3 is 2.24 bits per heavy atom. The van der Waals surface area contributed by atoms with E-state index in [1.807, 2.05) is 13.8 Å². The van der Waals surface area contributed by atoms with Gasteiger partial charge in [-0.25, -0.2) is 4.79 Å². The highest BCUT2D eigenvalue weighted by atomic mass is 16.5. The molecule has 0 bridgehead atoms. The minimum absolute atomic E-state index is 0.0475. The third kappa shape index (κ3) is 4.75. The van der Waals surface area contributed by atoms with Gasteiger partial charge in [0.1, 0.15) is 12.1 Å². The maximum atomic E-state index is 12.0. The van der Waals surface area contributed by atoms with Crippen LogP contribution in [0.15, 0.2) is 0 Å². The van der Waals surface area contributed by atoms with Crippen molar-refractivity contribution in [1.82, 2.24) is 5.32 Å². The van der Waals surface area contributed by atoms with Crippen molar-refractivity contribution < 1.29 is 14.3 Å². The predicted octanol–water partition coefficient (Wildman–Crippen LogP) is 2.02. The van der Waals surface area contributed by atoms with E-state index < -0.39 is 6.04 Å². The fraction of sp³-hybridized carbons (Fsp3) is 0.846. The predicted molar refractivity (Wildman–Crippen MR) is 65.4 cm³/mol. The number of hydrogen-bond acceptors (Lipinski definition) is 3. The Labute approximate surface area is 103 Å². The Bertz CT molecular complexity index is 270. The molecule has 0 aromatic rings. The first-order chi connectivity index (χ1) is 8.00. The number of amides is 1. The summed E-state index contributed by atoms with van der Waals surface area (Å²) >= 11 is 0. The summed E-state index contributed by atoms with van der Waals surface area (Å²) in [6.07, 6.45) is 5.45. The lowest BCUT2D eigenvalue weighted by molar-refractivity contribution is -0.155. The summed E-state index contributed by atoms with van der Waals surface area (Å²) in [7, 11) is 0. The molecular formula is C13H23NO3. The van der Waals surface area contributed by atoms with Gasteiger partial charge in [-0.15, -0.1) is 0 Å². The van der Waals surface area contributed by atoms with Crippen LogP contribution in [0.4, 0.5) is 0 Å². The molecule has 1 aliphatic carbocycles. The Hall–Kier alpha value is -1.06. The normalized spacial score (nSPS) is 18.8. The lowest BCUT2D eigenvalue weighted by atomic mass is 9.97. The summed E-state index contributed by atoms with van der Waals surface area (Å²) < 4.78 is 5.46. The van der Waals surface area contributed by atoms with Crippen LogP contribution in [-0.4, -0.2) is 24.0 Å². The summed E-state index contributed by atoms with van der Waals surface area (Å²) in [6.45, 7) is 5.23. The third-order valence-electron chi connectivity index (χ3n) is 3.11. The molecule has 1 saturated carbocycles. The second-order valence-corrected chi connectivity index (χ2v) is 5.12. The molecule has 0 saturated heterocycles. The van der Waals surface area contributed by atoms with Gasteiger partial charge >= 0.3 is 5.97 Å². The maximum Gasteiger partial charge on any atom is 0.329 e. The molecular weight excluding hydrogens is 218 g/mol. The molecule has 4 heteroatoms. The van der Waals surface area contributed by atoms with Gasteiger partial charge < -0.3 is 10.1 Å². The zero-order chi connectivity index (χ0) is 12.8. The van der Waals surface area contributed by atoms with Gasteiger partial charge in [0.15, 0.2) is 0 Å². The third-order valence-corrected chi connectivity index (χ3v) is 3.11.